The molecule has 188 valence electrons. The fraction of sp³-hybridized carbons (Fsp3) is 0.370. The van der Waals surface area contributed by atoms with Crippen LogP contribution in [0.25, 0.3) is 22.2 Å². The number of hydrogen-bond acceptors (Lipinski definition) is 8. The van der Waals surface area contributed by atoms with Gasteiger partial charge in [-0.05, 0) is 43.2 Å². The Morgan fingerprint density at radius 3 is 2.86 bits per heavy atom. The number of nitrogens with two attached hydrogens (primary N) is 1. The molecule has 0 radical (unpaired) electrons. The lowest BCUT2D eigenvalue weighted by Crippen LogP contribution is -2.38. The van der Waals surface area contributed by atoms with Crippen molar-refractivity contribution in [2.45, 2.75) is 19.4 Å². The summed E-state index contributed by atoms with van der Waals surface area (Å²) in [5, 5.41) is 8.27. The van der Waals surface area contributed by atoms with Gasteiger partial charge in [0.1, 0.15) is 30.2 Å². The number of fused-ring (bicyclic) bond motifs is 1. The summed E-state index contributed by atoms with van der Waals surface area (Å²) in [5.41, 5.74) is 11.1. The van der Waals surface area contributed by atoms with Gasteiger partial charge in [-0.15, -0.1) is 0 Å². The summed E-state index contributed by atoms with van der Waals surface area (Å²) < 4.78 is 17.3. The van der Waals surface area contributed by atoms with Gasteiger partial charge in [-0.1, -0.05) is 12.1 Å². The Balaban J connectivity index is 1.13. The van der Waals surface area contributed by atoms with Crippen molar-refractivity contribution in [3.05, 3.63) is 66.2 Å². The second kappa shape index (κ2) is 11.5. The van der Waals surface area contributed by atoms with Gasteiger partial charge in [-0.2, -0.15) is 5.10 Å². The molecule has 1 saturated heterocycles. The SMILES string of the molecule is Cc1[nH]nc2cnc(-c3cncc(OC[C@@H](N)Cc4cccc(OCCN5CCOCC5)c4)c3)cc12. The van der Waals surface area contributed by atoms with Gasteiger partial charge >= 0.3 is 0 Å². The van der Waals surface area contributed by atoms with Gasteiger partial charge in [0.2, 0.25) is 0 Å². The van der Waals surface area contributed by atoms with Crippen molar-refractivity contribution < 1.29 is 14.2 Å². The summed E-state index contributed by atoms with van der Waals surface area (Å²) in [6.07, 6.45) is 5.92. The molecular weight excluding hydrogens is 456 g/mol. The molecule has 0 unspecified atom stereocenters. The van der Waals surface area contributed by atoms with Gasteiger partial charge in [0.15, 0.2) is 0 Å². The molecule has 9 heteroatoms. The largest absolute Gasteiger partial charge is 0.492 e. The third-order valence-electron chi connectivity index (χ3n) is 6.28. The minimum absolute atomic E-state index is 0.166. The lowest BCUT2D eigenvalue weighted by Gasteiger charge is -2.26. The Morgan fingerprint density at radius 2 is 1.97 bits per heavy atom. The predicted octanol–water partition coefficient (Wildman–Crippen LogP) is 2.99. The van der Waals surface area contributed by atoms with E-state index in [4.69, 9.17) is 19.9 Å². The van der Waals surface area contributed by atoms with Crippen molar-refractivity contribution in [2.75, 3.05) is 46.1 Å². The van der Waals surface area contributed by atoms with E-state index in [0.29, 0.717) is 25.4 Å². The molecule has 0 saturated carbocycles. The van der Waals surface area contributed by atoms with Crippen molar-refractivity contribution in [1.29, 1.82) is 0 Å². The highest BCUT2D eigenvalue weighted by Crippen LogP contribution is 2.25. The van der Waals surface area contributed by atoms with Crippen LogP contribution >= 0.6 is 0 Å². The van der Waals surface area contributed by atoms with Crippen LogP contribution in [-0.2, 0) is 11.2 Å². The Labute approximate surface area is 210 Å². The van der Waals surface area contributed by atoms with Crippen LogP contribution in [0.2, 0.25) is 0 Å². The van der Waals surface area contributed by atoms with Crippen molar-refractivity contribution in [3.8, 4) is 22.8 Å². The number of aromatic amines is 1. The van der Waals surface area contributed by atoms with Crippen molar-refractivity contribution in [1.82, 2.24) is 25.1 Å². The molecule has 4 heterocycles. The van der Waals surface area contributed by atoms with Crippen LogP contribution in [0.1, 0.15) is 11.3 Å². The van der Waals surface area contributed by atoms with Gasteiger partial charge in [0.25, 0.3) is 0 Å². The molecule has 0 spiro atoms. The molecule has 3 N–H and O–H groups in total. The molecule has 0 aliphatic carbocycles. The van der Waals surface area contributed by atoms with Gasteiger partial charge in [-0.3, -0.25) is 20.0 Å². The van der Waals surface area contributed by atoms with Crippen LogP contribution in [0.4, 0.5) is 0 Å². The average Bonchev–Trinajstić information content (AvgIpc) is 3.28. The summed E-state index contributed by atoms with van der Waals surface area (Å²) in [6, 6.07) is 11.9. The normalized spacial score (nSPS) is 15.2. The maximum atomic E-state index is 6.39. The number of rotatable bonds is 10. The van der Waals surface area contributed by atoms with Crippen molar-refractivity contribution in [2.24, 2.45) is 5.73 Å². The quantitative estimate of drug-likeness (QED) is 0.350. The number of benzene rings is 1. The number of ether oxygens (including phenoxy) is 3. The number of hydrogen-bond donors (Lipinski definition) is 2. The summed E-state index contributed by atoms with van der Waals surface area (Å²) in [5.74, 6) is 1.53. The van der Waals surface area contributed by atoms with Gasteiger partial charge in [0, 0.05) is 48.5 Å². The maximum Gasteiger partial charge on any atom is 0.138 e. The molecule has 4 aromatic rings. The first-order valence-electron chi connectivity index (χ1n) is 12.3. The molecule has 3 aromatic heterocycles. The third kappa shape index (κ3) is 6.17. The fourth-order valence-corrected chi connectivity index (χ4v) is 4.28. The molecule has 1 fully saturated rings. The minimum Gasteiger partial charge on any atom is -0.492 e. The highest BCUT2D eigenvalue weighted by atomic mass is 16.5. The Bertz CT molecular complexity index is 1290. The first-order valence-corrected chi connectivity index (χ1v) is 12.3. The highest BCUT2D eigenvalue weighted by Gasteiger charge is 2.11. The Kier molecular flexibility index (Phi) is 7.70. The molecular formula is C27H32N6O3. The van der Waals surface area contributed by atoms with Crippen molar-refractivity contribution >= 4 is 10.9 Å². The molecule has 0 bridgehead atoms. The standard InChI is InChI=1S/C27H32N6O3/c1-19-25-14-26(30-17-27(25)32-31-19)21-13-24(16-29-15-21)36-18-22(28)11-20-3-2-4-23(12-20)35-10-7-33-5-8-34-9-6-33/h2-4,12-17,22H,5-11,18,28H2,1H3,(H,31,32)/t22-/m0/s1. The van der Waals surface area contributed by atoms with E-state index in [1.54, 1.807) is 18.6 Å². The van der Waals surface area contributed by atoms with Gasteiger partial charge in [0.05, 0.1) is 31.3 Å². The van der Waals surface area contributed by atoms with E-state index in [1.165, 1.54) is 0 Å². The minimum atomic E-state index is -0.166. The molecule has 0 amide bonds. The third-order valence-corrected chi connectivity index (χ3v) is 6.28. The smallest absolute Gasteiger partial charge is 0.138 e. The number of nitrogens with one attached hydrogen (secondary N) is 1. The molecule has 1 atom stereocenters. The van der Waals surface area contributed by atoms with Gasteiger partial charge < -0.3 is 19.9 Å². The highest BCUT2D eigenvalue weighted by molar-refractivity contribution is 5.84. The van der Waals surface area contributed by atoms with Gasteiger partial charge in [-0.25, -0.2) is 0 Å². The summed E-state index contributed by atoms with van der Waals surface area (Å²) >= 11 is 0. The topological polar surface area (TPSA) is 111 Å². The predicted molar refractivity (Wildman–Crippen MR) is 138 cm³/mol. The summed E-state index contributed by atoms with van der Waals surface area (Å²) in [4.78, 5) is 11.2. The van der Waals surface area contributed by atoms with E-state index < -0.39 is 0 Å². The second-order valence-electron chi connectivity index (χ2n) is 9.07. The van der Waals surface area contributed by atoms with Crippen LogP contribution in [-0.4, -0.2) is 77.2 Å². The zero-order chi connectivity index (χ0) is 24.7. The van der Waals surface area contributed by atoms with E-state index in [-0.39, 0.29) is 6.04 Å². The molecule has 1 aromatic carbocycles. The van der Waals surface area contributed by atoms with E-state index in [2.05, 4.69) is 37.2 Å². The lowest BCUT2D eigenvalue weighted by atomic mass is 10.1. The second-order valence-corrected chi connectivity index (χ2v) is 9.07. The molecule has 9 nitrogen and oxygen atoms in total. The summed E-state index contributed by atoms with van der Waals surface area (Å²) in [6.45, 7) is 7.45. The van der Waals surface area contributed by atoms with Crippen LogP contribution in [0.5, 0.6) is 11.5 Å². The van der Waals surface area contributed by atoms with E-state index in [0.717, 1.165) is 72.0 Å². The van der Waals surface area contributed by atoms with Crippen LogP contribution in [0, 0.1) is 6.92 Å². The van der Waals surface area contributed by atoms with E-state index in [1.807, 2.05) is 31.2 Å². The zero-order valence-electron chi connectivity index (χ0n) is 20.5. The average molecular weight is 489 g/mol. The van der Waals surface area contributed by atoms with Crippen LogP contribution in [0.15, 0.2) is 55.0 Å². The number of H-pyrrole nitrogens is 1. The number of morpholine rings is 1. The molecule has 36 heavy (non-hydrogen) atoms. The fourth-order valence-electron chi connectivity index (χ4n) is 4.28. The number of pyridine rings is 2. The first kappa shape index (κ1) is 24.2. The maximum absolute atomic E-state index is 6.39. The molecule has 5 rings (SSSR count). The summed E-state index contributed by atoms with van der Waals surface area (Å²) in [7, 11) is 0. The Morgan fingerprint density at radius 1 is 1.08 bits per heavy atom. The first-order chi connectivity index (χ1) is 17.6. The molecule has 1 aliphatic rings. The number of aromatic nitrogens is 4. The van der Waals surface area contributed by atoms with E-state index in [9.17, 15) is 0 Å². The van der Waals surface area contributed by atoms with E-state index >= 15 is 0 Å². The number of aryl methyl sites for hydroxylation is 1. The van der Waals surface area contributed by atoms with Crippen LogP contribution in [0.3, 0.4) is 0 Å². The zero-order valence-corrected chi connectivity index (χ0v) is 20.5. The lowest BCUT2D eigenvalue weighted by molar-refractivity contribution is 0.0322. The Hall–Kier alpha value is -3.53. The number of nitrogens with zero attached hydrogens (tertiary/aromatic N) is 4. The van der Waals surface area contributed by atoms with Crippen LogP contribution < -0.4 is 15.2 Å². The molecule has 1 aliphatic heterocycles. The van der Waals surface area contributed by atoms with Crippen molar-refractivity contribution in [3.63, 3.8) is 0 Å². The monoisotopic (exact) mass is 488 g/mol.